The summed E-state index contributed by atoms with van der Waals surface area (Å²) in [5, 5.41) is 6.09. The van der Waals surface area contributed by atoms with Gasteiger partial charge in [0.15, 0.2) is 4.96 Å². The Hall–Kier alpha value is -3.81. The van der Waals surface area contributed by atoms with Gasteiger partial charge >= 0.3 is 0 Å². The van der Waals surface area contributed by atoms with Gasteiger partial charge in [0.2, 0.25) is 5.91 Å². The molecule has 7 heteroatoms. The van der Waals surface area contributed by atoms with E-state index in [9.17, 15) is 4.79 Å². The summed E-state index contributed by atoms with van der Waals surface area (Å²) in [4.78, 5) is 23.0. The van der Waals surface area contributed by atoms with Gasteiger partial charge in [-0.3, -0.25) is 9.20 Å². The third-order valence-corrected chi connectivity index (χ3v) is 7.88. The predicted octanol–water partition coefficient (Wildman–Crippen LogP) is 7.22. The van der Waals surface area contributed by atoms with Gasteiger partial charge in [-0.05, 0) is 55.3 Å². The fraction of sp³-hybridized carbons (Fsp3) is 0.107. The lowest BCUT2D eigenvalue weighted by molar-refractivity contribution is -0.116. The molecule has 3 aromatic heterocycles. The number of nitrogens with one attached hydrogen (secondary N) is 1. The third kappa shape index (κ3) is 4.48. The Kier molecular flexibility index (Phi) is 5.64. The second-order valence-corrected chi connectivity index (χ2v) is 10.4. The molecule has 0 saturated heterocycles. The van der Waals surface area contributed by atoms with Crippen molar-refractivity contribution in [1.29, 1.82) is 0 Å². The number of nitrogens with zero attached hydrogens (tertiary/aromatic N) is 3. The number of benzene rings is 3. The Morgan fingerprint density at radius 2 is 1.80 bits per heavy atom. The molecule has 35 heavy (non-hydrogen) atoms. The van der Waals surface area contributed by atoms with E-state index in [0.29, 0.717) is 12.8 Å². The summed E-state index contributed by atoms with van der Waals surface area (Å²) >= 11 is 3.29. The van der Waals surface area contributed by atoms with Crippen LogP contribution in [0.4, 0.5) is 5.69 Å². The second kappa shape index (κ2) is 9.09. The van der Waals surface area contributed by atoms with E-state index >= 15 is 0 Å². The van der Waals surface area contributed by atoms with Crippen LogP contribution in [-0.2, 0) is 11.2 Å². The van der Waals surface area contributed by atoms with Gasteiger partial charge in [-0.25, -0.2) is 9.97 Å². The number of hydrogen-bond acceptors (Lipinski definition) is 5. The van der Waals surface area contributed by atoms with Crippen molar-refractivity contribution in [3.05, 3.63) is 95.6 Å². The molecule has 1 N–H and O–H groups in total. The van der Waals surface area contributed by atoms with Gasteiger partial charge in [0.05, 0.1) is 15.9 Å². The second-order valence-electron chi connectivity index (χ2n) is 8.49. The minimum atomic E-state index is -0.00374. The van der Waals surface area contributed by atoms with Crippen molar-refractivity contribution in [2.45, 2.75) is 19.8 Å². The number of imidazole rings is 1. The zero-order chi connectivity index (χ0) is 23.8. The quantitative estimate of drug-likeness (QED) is 0.266. The summed E-state index contributed by atoms with van der Waals surface area (Å²) in [6.07, 6.45) is 3.11. The van der Waals surface area contributed by atoms with E-state index in [4.69, 9.17) is 9.97 Å². The molecule has 0 saturated carbocycles. The molecule has 3 aromatic carbocycles. The van der Waals surface area contributed by atoms with Crippen LogP contribution in [-0.4, -0.2) is 20.3 Å². The van der Waals surface area contributed by atoms with Crippen molar-refractivity contribution in [3.8, 4) is 21.8 Å². The van der Waals surface area contributed by atoms with E-state index in [0.717, 1.165) is 43.7 Å². The number of rotatable bonds is 6. The number of hydrogen-bond donors (Lipinski definition) is 1. The average molecular weight is 495 g/mol. The molecule has 0 atom stereocenters. The normalized spacial score (nSPS) is 11.3. The van der Waals surface area contributed by atoms with Crippen LogP contribution in [0.5, 0.6) is 0 Å². The molecule has 0 aliphatic rings. The van der Waals surface area contributed by atoms with Crippen LogP contribution in [0.25, 0.3) is 37.0 Å². The SMILES string of the molecule is Cc1ccc2nc(-c3ccc(NC(=O)CCc4csc5nc(-c6ccccc6)cn45)cc3)sc2c1. The van der Waals surface area contributed by atoms with Crippen LogP contribution in [0.1, 0.15) is 17.7 Å². The van der Waals surface area contributed by atoms with Crippen LogP contribution in [0, 0.1) is 6.92 Å². The Labute approximate surface area is 210 Å². The zero-order valence-electron chi connectivity index (χ0n) is 19.1. The van der Waals surface area contributed by atoms with Gasteiger partial charge in [-0.15, -0.1) is 22.7 Å². The number of carbonyl (C=O) groups is 1. The maximum Gasteiger partial charge on any atom is 0.224 e. The molecule has 0 aliphatic heterocycles. The molecule has 1 amide bonds. The minimum Gasteiger partial charge on any atom is -0.326 e. The molecule has 0 bridgehead atoms. The number of aryl methyl sites for hydroxylation is 2. The molecule has 0 aliphatic carbocycles. The van der Waals surface area contributed by atoms with Crippen molar-refractivity contribution in [2.24, 2.45) is 0 Å². The fourth-order valence-corrected chi connectivity index (χ4v) is 6.05. The lowest BCUT2D eigenvalue weighted by Gasteiger charge is -2.06. The summed E-state index contributed by atoms with van der Waals surface area (Å²) in [5.74, 6) is -0.00374. The number of anilines is 1. The van der Waals surface area contributed by atoms with Gasteiger partial charge < -0.3 is 5.32 Å². The smallest absolute Gasteiger partial charge is 0.224 e. The Balaban J connectivity index is 1.10. The molecule has 172 valence electrons. The molecule has 0 radical (unpaired) electrons. The summed E-state index contributed by atoms with van der Waals surface area (Å²) in [7, 11) is 0. The standard InChI is InChI=1S/C28H22N4OS2/c1-18-7-13-23-25(15-18)35-27(30-23)20-8-10-21(11-9-20)29-26(33)14-12-22-17-34-28-31-24(16-32(22)28)19-5-3-2-4-6-19/h2-11,13,15-17H,12,14H2,1H3,(H,29,33). The number of thiazole rings is 2. The molecular weight excluding hydrogens is 472 g/mol. The molecule has 0 unspecified atom stereocenters. The van der Waals surface area contributed by atoms with Crippen molar-refractivity contribution in [2.75, 3.05) is 5.32 Å². The summed E-state index contributed by atoms with van der Waals surface area (Å²) in [6.45, 7) is 2.09. The van der Waals surface area contributed by atoms with E-state index in [1.807, 2.05) is 42.5 Å². The summed E-state index contributed by atoms with van der Waals surface area (Å²) in [6, 6.07) is 24.4. The van der Waals surface area contributed by atoms with Crippen molar-refractivity contribution in [3.63, 3.8) is 0 Å². The molecule has 5 nitrogen and oxygen atoms in total. The van der Waals surface area contributed by atoms with Crippen LogP contribution in [0.15, 0.2) is 84.4 Å². The van der Waals surface area contributed by atoms with Gasteiger partial charge in [-0.2, -0.15) is 0 Å². The Morgan fingerprint density at radius 1 is 0.971 bits per heavy atom. The van der Waals surface area contributed by atoms with Crippen molar-refractivity contribution >= 4 is 49.4 Å². The highest BCUT2D eigenvalue weighted by Crippen LogP contribution is 2.31. The zero-order valence-corrected chi connectivity index (χ0v) is 20.7. The number of carbonyl (C=O) groups excluding carboxylic acids is 1. The van der Waals surface area contributed by atoms with E-state index in [1.165, 1.54) is 10.3 Å². The number of aromatic nitrogens is 3. The monoisotopic (exact) mass is 494 g/mol. The largest absolute Gasteiger partial charge is 0.326 e. The Bertz CT molecular complexity index is 1650. The molecular formula is C28H22N4OS2. The lowest BCUT2D eigenvalue weighted by Crippen LogP contribution is -2.12. The highest BCUT2D eigenvalue weighted by molar-refractivity contribution is 7.21. The van der Waals surface area contributed by atoms with Gasteiger partial charge in [0.25, 0.3) is 0 Å². The van der Waals surface area contributed by atoms with Gasteiger partial charge in [-0.1, -0.05) is 36.4 Å². The maximum absolute atomic E-state index is 12.6. The molecule has 6 aromatic rings. The first kappa shape index (κ1) is 21.7. The number of fused-ring (bicyclic) bond motifs is 2. The predicted molar refractivity (Wildman–Crippen MR) is 145 cm³/mol. The molecule has 3 heterocycles. The van der Waals surface area contributed by atoms with Gasteiger partial charge in [0, 0.05) is 40.5 Å². The first-order valence-corrected chi connectivity index (χ1v) is 13.1. The van der Waals surface area contributed by atoms with Crippen molar-refractivity contribution in [1.82, 2.24) is 14.4 Å². The maximum atomic E-state index is 12.6. The first-order chi connectivity index (χ1) is 17.1. The molecule has 6 rings (SSSR count). The summed E-state index contributed by atoms with van der Waals surface area (Å²) < 4.78 is 3.28. The van der Waals surface area contributed by atoms with Gasteiger partial charge in [0.1, 0.15) is 5.01 Å². The van der Waals surface area contributed by atoms with Crippen LogP contribution < -0.4 is 5.32 Å². The highest BCUT2D eigenvalue weighted by atomic mass is 32.1. The molecule has 0 fully saturated rings. The topological polar surface area (TPSA) is 59.3 Å². The first-order valence-electron chi connectivity index (χ1n) is 11.4. The van der Waals surface area contributed by atoms with Crippen LogP contribution >= 0.6 is 22.7 Å². The highest BCUT2D eigenvalue weighted by Gasteiger charge is 2.12. The van der Waals surface area contributed by atoms with E-state index in [1.54, 1.807) is 22.7 Å². The molecule has 0 spiro atoms. The lowest BCUT2D eigenvalue weighted by atomic mass is 10.2. The average Bonchev–Trinajstić information content (AvgIpc) is 3.58. The van der Waals surface area contributed by atoms with E-state index < -0.39 is 0 Å². The van der Waals surface area contributed by atoms with E-state index in [2.05, 4.69) is 58.5 Å². The number of amides is 1. The van der Waals surface area contributed by atoms with Crippen molar-refractivity contribution < 1.29 is 4.79 Å². The van der Waals surface area contributed by atoms with Crippen LogP contribution in [0.3, 0.4) is 0 Å². The third-order valence-electron chi connectivity index (χ3n) is 5.92. The Morgan fingerprint density at radius 3 is 2.63 bits per heavy atom. The minimum absolute atomic E-state index is 0.00374. The summed E-state index contributed by atoms with van der Waals surface area (Å²) in [5.41, 5.74) is 7.24. The fourth-order valence-electron chi connectivity index (χ4n) is 4.07. The van der Waals surface area contributed by atoms with Crippen LogP contribution in [0.2, 0.25) is 0 Å². The van der Waals surface area contributed by atoms with E-state index in [-0.39, 0.29) is 5.91 Å².